The maximum atomic E-state index is 10.3. The lowest BCUT2D eigenvalue weighted by molar-refractivity contribution is 0.147. The van der Waals surface area contributed by atoms with Crippen LogP contribution >= 0.6 is 0 Å². The molecule has 0 aliphatic carbocycles. The predicted octanol–water partition coefficient (Wildman–Crippen LogP) is 7.47. The molecule has 2 heteroatoms. The molecule has 0 amide bonds. The Bertz CT molecular complexity index is 659. The first-order valence-electron chi connectivity index (χ1n) is 11.1. The predicted molar refractivity (Wildman–Crippen MR) is 119 cm³/mol. The summed E-state index contributed by atoms with van der Waals surface area (Å²) in [6, 6.07) is 15.9. The molecule has 0 aromatic heterocycles. The zero-order chi connectivity index (χ0) is 20.6. The topological polar surface area (TPSA) is 40.5 Å². The summed E-state index contributed by atoms with van der Waals surface area (Å²) in [7, 11) is 0. The maximum Gasteiger partial charge on any atom is 0.115 e. The second-order valence-electron chi connectivity index (χ2n) is 8.26. The maximum absolute atomic E-state index is 10.3. The van der Waals surface area contributed by atoms with Crippen molar-refractivity contribution in [1.82, 2.24) is 0 Å². The van der Waals surface area contributed by atoms with E-state index in [1.807, 2.05) is 24.3 Å². The zero-order valence-electron chi connectivity index (χ0n) is 18.2. The summed E-state index contributed by atoms with van der Waals surface area (Å²) in [5.74, 6) is 0.679. The molecular weight excluding hydrogens is 344 g/mol. The minimum atomic E-state index is -0.0744. The first kappa shape index (κ1) is 22.3. The van der Waals surface area contributed by atoms with Crippen molar-refractivity contribution < 1.29 is 10.2 Å². The van der Waals surface area contributed by atoms with E-state index in [0.717, 1.165) is 51.4 Å². The summed E-state index contributed by atoms with van der Waals surface area (Å²) in [6.07, 6.45) is 8.63. The lowest BCUT2D eigenvalue weighted by Gasteiger charge is -2.53. The standard InChI is InChI=1S/C26H38O2/c1-5-15-25(16-6-2,21-11-9-13-23(27)19-21)26(17-7-3,18-8-4)22-12-10-14-24(28)20-22/h9-14,19-20,27-28H,5-8,15-18H2,1-4H3. The van der Waals surface area contributed by atoms with Gasteiger partial charge >= 0.3 is 0 Å². The Hall–Kier alpha value is -1.96. The quantitative estimate of drug-likeness (QED) is 0.423. The first-order valence-corrected chi connectivity index (χ1v) is 11.1. The molecule has 2 aromatic carbocycles. The minimum Gasteiger partial charge on any atom is -0.508 e. The molecule has 2 nitrogen and oxygen atoms in total. The zero-order valence-corrected chi connectivity index (χ0v) is 18.2. The molecule has 0 bridgehead atoms. The number of benzene rings is 2. The molecule has 0 unspecified atom stereocenters. The number of hydrogen-bond donors (Lipinski definition) is 2. The number of phenols is 2. The molecule has 0 fully saturated rings. The first-order chi connectivity index (χ1) is 13.5. The molecule has 0 aliphatic rings. The third-order valence-electron chi connectivity index (χ3n) is 6.42. The Morgan fingerprint density at radius 1 is 0.571 bits per heavy atom. The number of phenolic OH excluding ortho intramolecular Hbond substituents is 2. The van der Waals surface area contributed by atoms with Gasteiger partial charge in [-0.25, -0.2) is 0 Å². The van der Waals surface area contributed by atoms with Crippen LogP contribution in [-0.2, 0) is 10.8 Å². The highest BCUT2D eigenvalue weighted by Gasteiger charge is 2.50. The van der Waals surface area contributed by atoms with Gasteiger partial charge in [0.05, 0.1) is 0 Å². The highest BCUT2D eigenvalue weighted by atomic mass is 16.3. The van der Waals surface area contributed by atoms with E-state index in [2.05, 4.69) is 39.8 Å². The van der Waals surface area contributed by atoms with Gasteiger partial charge in [0.15, 0.2) is 0 Å². The molecule has 2 aromatic rings. The Labute approximate surface area is 171 Å². The Balaban J connectivity index is 2.87. The van der Waals surface area contributed by atoms with Gasteiger partial charge in [-0.1, -0.05) is 77.6 Å². The van der Waals surface area contributed by atoms with E-state index in [9.17, 15) is 10.2 Å². The van der Waals surface area contributed by atoms with E-state index in [1.54, 1.807) is 12.1 Å². The third-order valence-corrected chi connectivity index (χ3v) is 6.42. The second kappa shape index (κ2) is 10.0. The van der Waals surface area contributed by atoms with E-state index in [4.69, 9.17) is 0 Å². The minimum absolute atomic E-state index is 0.0744. The highest BCUT2D eigenvalue weighted by Crippen LogP contribution is 2.56. The Morgan fingerprint density at radius 3 is 1.14 bits per heavy atom. The molecule has 0 radical (unpaired) electrons. The molecule has 0 saturated carbocycles. The molecule has 2 rings (SSSR count). The lowest BCUT2D eigenvalue weighted by Crippen LogP contribution is -2.49. The third kappa shape index (κ3) is 4.21. The Morgan fingerprint density at radius 2 is 0.893 bits per heavy atom. The van der Waals surface area contributed by atoms with Crippen LogP contribution in [0.1, 0.15) is 90.2 Å². The van der Waals surface area contributed by atoms with Crippen molar-refractivity contribution in [3.8, 4) is 11.5 Å². The van der Waals surface area contributed by atoms with Crippen molar-refractivity contribution in [3.63, 3.8) is 0 Å². The number of aromatic hydroxyl groups is 2. The molecule has 0 aliphatic heterocycles. The van der Waals surface area contributed by atoms with Crippen LogP contribution < -0.4 is 0 Å². The smallest absolute Gasteiger partial charge is 0.115 e. The highest BCUT2D eigenvalue weighted by molar-refractivity contribution is 5.44. The summed E-state index contributed by atoms with van der Waals surface area (Å²) < 4.78 is 0. The van der Waals surface area contributed by atoms with Crippen molar-refractivity contribution in [2.75, 3.05) is 0 Å². The van der Waals surface area contributed by atoms with Gasteiger partial charge in [0.25, 0.3) is 0 Å². The molecule has 0 saturated heterocycles. The van der Waals surface area contributed by atoms with Crippen molar-refractivity contribution in [2.45, 2.75) is 89.9 Å². The van der Waals surface area contributed by atoms with Crippen LogP contribution in [0.15, 0.2) is 48.5 Å². The molecule has 154 valence electrons. The fourth-order valence-electron chi connectivity index (χ4n) is 5.65. The van der Waals surface area contributed by atoms with Gasteiger partial charge in [-0.05, 0) is 61.1 Å². The van der Waals surface area contributed by atoms with Crippen molar-refractivity contribution in [2.24, 2.45) is 0 Å². The van der Waals surface area contributed by atoms with Crippen LogP contribution in [-0.4, -0.2) is 10.2 Å². The molecule has 28 heavy (non-hydrogen) atoms. The van der Waals surface area contributed by atoms with E-state index in [0.29, 0.717) is 11.5 Å². The van der Waals surface area contributed by atoms with E-state index < -0.39 is 0 Å². The summed E-state index contributed by atoms with van der Waals surface area (Å²) >= 11 is 0. The van der Waals surface area contributed by atoms with Crippen LogP contribution in [0.5, 0.6) is 11.5 Å². The average Bonchev–Trinajstić information content (AvgIpc) is 2.67. The summed E-state index contributed by atoms with van der Waals surface area (Å²) in [5.41, 5.74) is 2.33. The van der Waals surface area contributed by atoms with Gasteiger partial charge in [-0.15, -0.1) is 0 Å². The molecule has 0 atom stereocenters. The normalized spacial score (nSPS) is 12.3. The monoisotopic (exact) mass is 382 g/mol. The molecule has 0 spiro atoms. The van der Waals surface area contributed by atoms with E-state index in [1.165, 1.54) is 11.1 Å². The van der Waals surface area contributed by atoms with Gasteiger partial charge in [-0.3, -0.25) is 0 Å². The Kier molecular flexibility index (Phi) is 7.98. The van der Waals surface area contributed by atoms with Crippen LogP contribution in [0.3, 0.4) is 0 Å². The number of hydrogen-bond acceptors (Lipinski definition) is 2. The van der Waals surface area contributed by atoms with Gasteiger partial charge in [0.1, 0.15) is 11.5 Å². The molecule has 2 N–H and O–H groups in total. The van der Waals surface area contributed by atoms with Crippen LogP contribution in [0.2, 0.25) is 0 Å². The summed E-state index contributed by atoms with van der Waals surface area (Å²) in [6.45, 7) is 9.05. The van der Waals surface area contributed by atoms with Crippen molar-refractivity contribution in [1.29, 1.82) is 0 Å². The molecular formula is C26H38O2. The van der Waals surface area contributed by atoms with Crippen molar-refractivity contribution in [3.05, 3.63) is 59.7 Å². The van der Waals surface area contributed by atoms with E-state index >= 15 is 0 Å². The molecule has 0 heterocycles. The van der Waals surface area contributed by atoms with Gasteiger partial charge in [0, 0.05) is 10.8 Å². The van der Waals surface area contributed by atoms with Crippen LogP contribution in [0.4, 0.5) is 0 Å². The second-order valence-corrected chi connectivity index (χ2v) is 8.26. The van der Waals surface area contributed by atoms with Crippen LogP contribution in [0, 0.1) is 0 Å². The lowest BCUT2D eigenvalue weighted by atomic mass is 9.50. The summed E-state index contributed by atoms with van der Waals surface area (Å²) in [5, 5.41) is 20.6. The average molecular weight is 383 g/mol. The van der Waals surface area contributed by atoms with E-state index in [-0.39, 0.29) is 10.8 Å². The van der Waals surface area contributed by atoms with Crippen LogP contribution in [0.25, 0.3) is 0 Å². The fourth-order valence-corrected chi connectivity index (χ4v) is 5.65. The summed E-state index contributed by atoms with van der Waals surface area (Å²) in [4.78, 5) is 0. The van der Waals surface area contributed by atoms with Gasteiger partial charge < -0.3 is 10.2 Å². The van der Waals surface area contributed by atoms with Gasteiger partial charge in [0.2, 0.25) is 0 Å². The van der Waals surface area contributed by atoms with Crippen molar-refractivity contribution >= 4 is 0 Å². The fraction of sp³-hybridized carbons (Fsp3) is 0.538. The largest absolute Gasteiger partial charge is 0.508 e. The SMILES string of the molecule is CCCC(CCC)(c1cccc(O)c1)C(CCC)(CCC)c1cccc(O)c1. The number of rotatable bonds is 11. The van der Waals surface area contributed by atoms with Gasteiger partial charge in [-0.2, -0.15) is 0 Å².